The number of H-pyrrole nitrogens is 1. The molecule has 0 unspecified atom stereocenters. The molecular formula is C19H28N6O2. The van der Waals surface area contributed by atoms with E-state index in [2.05, 4.69) is 30.0 Å². The lowest BCUT2D eigenvalue weighted by Crippen LogP contribution is -2.39. The minimum atomic E-state index is -0.114. The molecule has 0 amide bonds. The Balaban J connectivity index is 1.33. The van der Waals surface area contributed by atoms with Crippen LogP contribution in [-0.4, -0.2) is 64.0 Å². The molecule has 2 aliphatic rings. The van der Waals surface area contributed by atoms with E-state index in [0.29, 0.717) is 12.4 Å². The normalized spacial score (nSPS) is 17.6. The van der Waals surface area contributed by atoms with Crippen LogP contribution in [0, 0.1) is 0 Å². The maximum absolute atomic E-state index is 12.0. The number of morpholine rings is 1. The van der Waals surface area contributed by atoms with Gasteiger partial charge in [0.05, 0.1) is 25.1 Å². The minimum absolute atomic E-state index is 0.114. The summed E-state index contributed by atoms with van der Waals surface area (Å²) in [5, 5.41) is 7.78. The molecule has 0 atom stereocenters. The summed E-state index contributed by atoms with van der Waals surface area (Å²) in [6, 6.07) is 1.59. The minimum Gasteiger partial charge on any atom is -0.379 e. The fraction of sp³-hybridized carbons (Fsp3) is 0.632. The van der Waals surface area contributed by atoms with E-state index >= 15 is 0 Å². The van der Waals surface area contributed by atoms with Crippen molar-refractivity contribution in [2.45, 2.75) is 38.6 Å². The predicted molar refractivity (Wildman–Crippen MR) is 103 cm³/mol. The van der Waals surface area contributed by atoms with E-state index in [1.807, 2.05) is 6.20 Å². The topological polar surface area (TPSA) is 88.1 Å². The van der Waals surface area contributed by atoms with Gasteiger partial charge in [0.25, 0.3) is 5.56 Å². The first-order valence-electron chi connectivity index (χ1n) is 9.96. The summed E-state index contributed by atoms with van der Waals surface area (Å²) in [5.74, 6) is 0.549. The summed E-state index contributed by atoms with van der Waals surface area (Å²) in [5.41, 5.74) is 3.42. The average Bonchev–Trinajstić information content (AvgIpc) is 3.10. The lowest BCUT2D eigenvalue weighted by Gasteiger charge is -2.26. The van der Waals surface area contributed by atoms with Crippen LogP contribution in [0.4, 0.5) is 5.95 Å². The highest BCUT2D eigenvalue weighted by Crippen LogP contribution is 2.20. The number of aromatic nitrogens is 4. The number of aromatic amines is 1. The second-order valence-electron chi connectivity index (χ2n) is 7.26. The van der Waals surface area contributed by atoms with Crippen LogP contribution in [-0.2, 0) is 30.5 Å². The van der Waals surface area contributed by atoms with E-state index < -0.39 is 0 Å². The zero-order valence-electron chi connectivity index (χ0n) is 15.7. The van der Waals surface area contributed by atoms with Crippen molar-refractivity contribution in [3.05, 3.63) is 39.6 Å². The molecule has 4 rings (SSSR count). The van der Waals surface area contributed by atoms with Crippen molar-refractivity contribution in [2.75, 3.05) is 44.7 Å². The smallest absolute Gasteiger partial charge is 0.252 e. The van der Waals surface area contributed by atoms with E-state index in [1.165, 1.54) is 24.1 Å². The summed E-state index contributed by atoms with van der Waals surface area (Å²) < 4.78 is 7.45. The van der Waals surface area contributed by atoms with Crippen LogP contribution < -0.4 is 10.9 Å². The standard InChI is InChI=1S/C19H28N6O2/c26-18-13-16(5-7-25-17-4-2-1-3-15(17)14-21-25)22-19(23-18)20-6-8-24-9-11-27-12-10-24/h13-14H,1-12H2,(H2,20,22,23,26). The van der Waals surface area contributed by atoms with E-state index in [4.69, 9.17) is 4.74 Å². The van der Waals surface area contributed by atoms with E-state index in [-0.39, 0.29) is 5.56 Å². The number of fused-ring (bicyclic) bond motifs is 1. The Labute approximate surface area is 158 Å². The summed E-state index contributed by atoms with van der Waals surface area (Å²) >= 11 is 0. The van der Waals surface area contributed by atoms with Crippen LogP contribution in [0.15, 0.2) is 17.1 Å². The molecule has 1 aliphatic heterocycles. The number of hydrogen-bond acceptors (Lipinski definition) is 6. The molecule has 0 saturated carbocycles. The number of nitrogens with one attached hydrogen (secondary N) is 2. The summed E-state index contributed by atoms with van der Waals surface area (Å²) in [6.07, 6.45) is 7.43. The molecule has 0 radical (unpaired) electrons. The van der Waals surface area contributed by atoms with Gasteiger partial charge in [-0.3, -0.25) is 19.4 Å². The molecule has 0 bridgehead atoms. The fourth-order valence-corrected chi connectivity index (χ4v) is 3.85. The third-order valence-corrected chi connectivity index (χ3v) is 5.34. The summed E-state index contributed by atoms with van der Waals surface area (Å²) in [4.78, 5) is 21.7. The van der Waals surface area contributed by atoms with Crippen molar-refractivity contribution in [3.63, 3.8) is 0 Å². The zero-order chi connectivity index (χ0) is 18.5. The van der Waals surface area contributed by atoms with Crippen LogP contribution in [0.2, 0.25) is 0 Å². The van der Waals surface area contributed by atoms with Crippen molar-refractivity contribution in [3.8, 4) is 0 Å². The first-order chi connectivity index (χ1) is 13.3. The Morgan fingerprint density at radius 2 is 2.04 bits per heavy atom. The van der Waals surface area contributed by atoms with Crippen LogP contribution in [0.5, 0.6) is 0 Å². The molecule has 3 heterocycles. The first kappa shape index (κ1) is 18.2. The molecule has 0 aromatic carbocycles. The van der Waals surface area contributed by atoms with Crippen molar-refractivity contribution < 1.29 is 4.74 Å². The fourth-order valence-electron chi connectivity index (χ4n) is 3.85. The van der Waals surface area contributed by atoms with Crippen LogP contribution in [0.25, 0.3) is 0 Å². The van der Waals surface area contributed by atoms with Crippen molar-refractivity contribution >= 4 is 5.95 Å². The lowest BCUT2D eigenvalue weighted by molar-refractivity contribution is 0.0398. The first-order valence-corrected chi connectivity index (χ1v) is 9.96. The molecule has 1 saturated heterocycles. The molecule has 0 spiro atoms. The second-order valence-corrected chi connectivity index (χ2v) is 7.26. The van der Waals surface area contributed by atoms with Gasteiger partial charge in [-0.2, -0.15) is 5.10 Å². The van der Waals surface area contributed by atoms with Gasteiger partial charge in [-0.1, -0.05) is 0 Å². The lowest BCUT2D eigenvalue weighted by atomic mass is 9.98. The van der Waals surface area contributed by atoms with Crippen molar-refractivity contribution in [1.82, 2.24) is 24.6 Å². The Hall–Kier alpha value is -2.19. The van der Waals surface area contributed by atoms with Crippen LogP contribution in [0.1, 0.15) is 29.8 Å². The predicted octanol–water partition coefficient (Wildman–Crippen LogP) is 0.832. The van der Waals surface area contributed by atoms with E-state index in [1.54, 1.807) is 6.07 Å². The van der Waals surface area contributed by atoms with Crippen molar-refractivity contribution in [1.29, 1.82) is 0 Å². The highest BCUT2D eigenvalue weighted by Gasteiger charge is 2.15. The summed E-state index contributed by atoms with van der Waals surface area (Å²) in [6.45, 7) is 5.93. The maximum atomic E-state index is 12.0. The largest absolute Gasteiger partial charge is 0.379 e. The molecule has 1 fully saturated rings. The Morgan fingerprint density at radius 3 is 2.93 bits per heavy atom. The molecule has 8 nitrogen and oxygen atoms in total. The van der Waals surface area contributed by atoms with Gasteiger partial charge >= 0.3 is 0 Å². The number of rotatable bonds is 7. The molecular weight excluding hydrogens is 344 g/mol. The van der Waals surface area contributed by atoms with Gasteiger partial charge in [0.2, 0.25) is 5.95 Å². The molecule has 146 valence electrons. The third kappa shape index (κ3) is 4.75. The molecule has 8 heteroatoms. The Kier molecular flexibility index (Phi) is 5.84. The van der Waals surface area contributed by atoms with Gasteiger partial charge in [0.15, 0.2) is 0 Å². The molecule has 2 aromatic heterocycles. The number of nitrogens with zero attached hydrogens (tertiary/aromatic N) is 4. The Morgan fingerprint density at radius 1 is 1.19 bits per heavy atom. The van der Waals surface area contributed by atoms with Crippen LogP contribution >= 0.6 is 0 Å². The monoisotopic (exact) mass is 372 g/mol. The quantitative estimate of drug-likeness (QED) is 0.749. The third-order valence-electron chi connectivity index (χ3n) is 5.34. The van der Waals surface area contributed by atoms with Gasteiger partial charge in [-0.25, -0.2) is 4.98 Å². The zero-order valence-corrected chi connectivity index (χ0v) is 15.7. The van der Waals surface area contributed by atoms with E-state index in [0.717, 1.165) is 64.5 Å². The maximum Gasteiger partial charge on any atom is 0.252 e. The summed E-state index contributed by atoms with van der Waals surface area (Å²) in [7, 11) is 0. The van der Waals surface area contributed by atoms with Gasteiger partial charge in [-0.15, -0.1) is 0 Å². The van der Waals surface area contributed by atoms with E-state index in [9.17, 15) is 4.79 Å². The number of ether oxygens (including phenoxy) is 1. The molecule has 27 heavy (non-hydrogen) atoms. The van der Waals surface area contributed by atoms with Gasteiger partial charge in [-0.05, 0) is 31.2 Å². The average molecular weight is 372 g/mol. The van der Waals surface area contributed by atoms with Crippen molar-refractivity contribution in [2.24, 2.45) is 0 Å². The molecule has 2 aromatic rings. The van der Waals surface area contributed by atoms with Gasteiger partial charge < -0.3 is 10.1 Å². The number of anilines is 1. The number of hydrogen-bond donors (Lipinski definition) is 2. The second kappa shape index (κ2) is 8.67. The van der Waals surface area contributed by atoms with Crippen LogP contribution in [0.3, 0.4) is 0 Å². The molecule has 1 aliphatic carbocycles. The SMILES string of the molecule is O=c1cc(CCn2ncc3c2CCCC3)nc(NCCN2CCOCC2)[nH]1. The highest BCUT2D eigenvalue weighted by molar-refractivity contribution is 5.25. The number of aryl methyl sites for hydroxylation is 3. The Bertz CT molecular complexity index is 809. The van der Waals surface area contributed by atoms with Gasteiger partial charge in [0, 0.05) is 50.9 Å². The molecule has 2 N–H and O–H groups in total. The van der Waals surface area contributed by atoms with Gasteiger partial charge in [0.1, 0.15) is 0 Å². The highest BCUT2D eigenvalue weighted by atomic mass is 16.5.